The Morgan fingerprint density at radius 2 is 2.00 bits per heavy atom. The lowest BCUT2D eigenvalue weighted by Gasteiger charge is -2.33. The van der Waals surface area contributed by atoms with Crippen LogP contribution in [-0.4, -0.2) is 55.9 Å². The van der Waals surface area contributed by atoms with Crippen LogP contribution >= 0.6 is 11.3 Å². The predicted octanol–water partition coefficient (Wildman–Crippen LogP) is 1.48. The van der Waals surface area contributed by atoms with Crippen molar-refractivity contribution < 1.29 is 19.1 Å². The minimum atomic E-state index is -0.109. The summed E-state index contributed by atoms with van der Waals surface area (Å²) in [6.45, 7) is 3.21. The van der Waals surface area contributed by atoms with Gasteiger partial charge < -0.3 is 19.7 Å². The van der Waals surface area contributed by atoms with Gasteiger partial charge in [-0.3, -0.25) is 9.59 Å². The lowest BCUT2D eigenvalue weighted by Crippen LogP contribution is -2.42. The molecule has 2 amide bonds. The summed E-state index contributed by atoms with van der Waals surface area (Å²) in [5, 5.41) is 4.66. The zero-order valence-corrected chi connectivity index (χ0v) is 13.8. The van der Waals surface area contributed by atoms with E-state index in [9.17, 15) is 9.59 Å². The first kappa shape index (κ1) is 16.4. The van der Waals surface area contributed by atoms with Crippen molar-refractivity contribution >= 4 is 23.2 Å². The highest BCUT2D eigenvalue weighted by Crippen LogP contribution is 2.25. The number of nitrogens with zero attached hydrogens (tertiary/aromatic N) is 1. The molecular weight excluding hydrogens is 316 g/mol. The van der Waals surface area contributed by atoms with Crippen molar-refractivity contribution in [2.75, 3.05) is 32.8 Å². The van der Waals surface area contributed by atoms with Crippen LogP contribution in [0.1, 0.15) is 28.9 Å². The molecule has 0 aliphatic carbocycles. The summed E-state index contributed by atoms with van der Waals surface area (Å²) in [6, 6.07) is 3.62. The molecule has 6 nitrogen and oxygen atoms in total. The molecule has 1 N–H and O–H groups in total. The maximum atomic E-state index is 12.2. The topological polar surface area (TPSA) is 67.9 Å². The van der Waals surface area contributed by atoms with E-state index in [1.165, 1.54) is 11.3 Å². The second-order valence-electron chi connectivity index (χ2n) is 5.81. The summed E-state index contributed by atoms with van der Waals surface area (Å²) < 4.78 is 11.1. The minimum absolute atomic E-state index is 0.0858. The average molecular weight is 338 g/mol. The van der Waals surface area contributed by atoms with E-state index < -0.39 is 0 Å². The van der Waals surface area contributed by atoms with Gasteiger partial charge in [0.25, 0.3) is 5.91 Å². The van der Waals surface area contributed by atoms with Crippen LogP contribution in [0.4, 0.5) is 0 Å². The summed E-state index contributed by atoms with van der Waals surface area (Å²) in [5.41, 5.74) is 0. The molecule has 2 aliphatic heterocycles. The number of piperidine rings is 1. The van der Waals surface area contributed by atoms with Gasteiger partial charge in [-0.2, -0.15) is 0 Å². The van der Waals surface area contributed by atoms with Crippen molar-refractivity contribution in [1.82, 2.24) is 10.2 Å². The smallest absolute Gasteiger partial charge is 0.261 e. The largest absolute Gasteiger partial charge is 0.351 e. The lowest BCUT2D eigenvalue weighted by atomic mass is 9.96. The normalized spacial score (nSPS) is 19.9. The Kier molecular flexibility index (Phi) is 5.64. The quantitative estimate of drug-likeness (QED) is 0.883. The highest BCUT2D eigenvalue weighted by atomic mass is 32.1. The Balaban J connectivity index is 1.35. The van der Waals surface area contributed by atoms with Gasteiger partial charge in [-0.15, -0.1) is 11.3 Å². The van der Waals surface area contributed by atoms with Crippen LogP contribution in [0, 0.1) is 5.92 Å². The van der Waals surface area contributed by atoms with Crippen LogP contribution in [0.25, 0.3) is 0 Å². The van der Waals surface area contributed by atoms with E-state index in [2.05, 4.69) is 5.32 Å². The van der Waals surface area contributed by atoms with E-state index in [4.69, 9.17) is 9.47 Å². The monoisotopic (exact) mass is 338 g/mol. The number of nitrogens with one attached hydrogen (secondary N) is 1. The van der Waals surface area contributed by atoms with Crippen LogP contribution in [0.5, 0.6) is 0 Å². The van der Waals surface area contributed by atoms with E-state index in [0.717, 1.165) is 25.9 Å². The summed E-state index contributed by atoms with van der Waals surface area (Å²) >= 11 is 1.40. The van der Waals surface area contributed by atoms with Gasteiger partial charge in [0.05, 0.1) is 18.1 Å². The highest BCUT2D eigenvalue weighted by molar-refractivity contribution is 7.12. The molecule has 0 aromatic carbocycles. The van der Waals surface area contributed by atoms with Gasteiger partial charge in [0, 0.05) is 32.0 Å². The van der Waals surface area contributed by atoms with Crippen LogP contribution in [0.3, 0.4) is 0 Å². The first-order chi connectivity index (χ1) is 11.2. The molecule has 0 bridgehead atoms. The summed E-state index contributed by atoms with van der Waals surface area (Å²) in [4.78, 5) is 26.6. The van der Waals surface area contributed by atoms with Gasteiger partial charge in [0.1, 0.15) is 0 Å². The van der Waals surface area contributed by atoms with Gasteiger partial charge in [0.2, 0.25) is 5.91 Å². The number of hydrogen-bond acceptors (Lipinski definition) is 5. The Bertz CT molecular complexity index is 520. The zero-order chi connectivity index (χ0) is 16.1. The summed E-state index contributed by atoms with van der Waals surface area (Å²) in [5.74, 6) is 0.380. The SMILES string of the molecule is O=C(NCCC(=O)N1CCC(C2OCCO2)CC1)c1cccs1. The molecular formula is C16H22N2O4S. The number of hydrogen-bond donors (Lipinski definition) is 1. The number of amides is 2. The molecule has 7 heteroatoms. The number of ether oxygens (including phenoxy) is 2. The Morgan fingerprint density at radius 3 is 2.65 bits per heavy atom. The van der Waals surface area contributed by atoms with Crippen LogP contribution < -0.4 is 5.32 Å². The van der Waals surface area contributed by atoms with Crippen LogP contribution in [0.15, 0.2) is 17.5 Å². The Hall–Kier alpha value is -1.44. The maximum Gasteiger partial charge on any atom is 0.261 e. The molecule has 126 valence electrons. The average Bonchev–Trinajstić information content (AvgIpc) is 3.28. The van der Waals surface area contributed by atoms with Crippen molar-refractivity contribution in [2.45, 2.75) is 25.6 Å². The first-order valence-corrected chi connectivity index (χ1v) is 8.94. The van der Waals surface area contributed by atoms with E-state index in [1.54, 1.807) is 6.07 Å². The second-order valence-corrected chi connectivity index (χ2v) is 6.76. The number of likely N-dealkylation sites (tertiary alicyclic amines) is 1. The third-order valence-electron chi connectivity index (χ3n) is 4.29. The van der Waals surface area contributed by atoms with E-state index in [-0.39, 0.29) is 18.1 Å². The maximum absolute atomic E-state index is 12.2. The fourth-order valence-electron chi connectivity index (χ4n) is 3.01. The van der Waals surface area contributed by atoms with Gasteiger partial charge in [0.15, 0.2) is 6.29 Å². The van der Waals surface area contributed by atoms with Gasteiger partial charge in [-0.1, -0.05) is 6.07 Å². The molecule has 1 aromatic heterocycles. The minimum Gasteiger partial charge on any atom is -0.351 e. The lowest BCUT2D eigenvalue weighted by molar-refractivity contribution is -0.136. The van der Waals surface area contributed by atoms with E-state index in [0.29, 0.717) is 37.0 Å². The standard InChI is InChI=1S/C16H22N2O4S/c19-14(3-6-17-15(20)13-2-1-11-23-13)18-7-4-12(5-8-18)16-21-9-10-22-16/h1-2,11-12,16H,3-10H2,(H,17,20). The predicted molar refractivity (Wildman–Crippen MR) is 86.3 cm³/mol. The third-order valence-corrected chi connectivity index (χ3v) is 5.16. The van der Waals surface area contributed by atoms with Crippen LogP contribution in [-0.2, 0) is 14.3 Å². The number of thiophene rings is 1. The van der Waals surface area contributed by atoms with Crippen molar-refractivity contribution in [1.29, 1.82) is 0 Å². The molecule has 2 fully saturated rings. The van der Waals surface area contributed by atoms with Gasteiger partial charge >= 0.3 is 0 Å². The fourth-order valence-corrected chi connectivity index (χ4v) is 3.65. The zero-order valence-electron chi connectivity index (χ0n) is 13.0. The third kappa shape index (κ3) is 4.31. The summed E-state index contributed by atoms with van der Waals surface area (Å²) in [7, 11) is 0. The second kappa shape index (κ2) is 7.90. The molecule has 23 heavy (non-hydrogen) atoms. The summed E-state index contributed by atoms with van der Waals surface area (Å²) in [6.07, 6.45) is 2.09. The molecule has 3 heterocycles. The highest BCUT2D eigenvalue weighted by Gasteiger charge is 2.31. The van der Waals surface area contributed by atoms with E-state index in [1.807, 2.05) is 16.3 Å². The Labute approximate surface area is 139 Å². The first-order valence-electron chi connectivity index (χ1n) is 8.07. The molecule has 2 aliphatic rings. The molecule has 0 spiro atoms. The van der Waals surface area contributed by atoms with Crippen LogP contribution in [0.2, 0.25) is 0 Å². The molecule has 2 saturated heterocycles. The van der Waals surface area contributed by atoms with Crippen molar-refractivity contribution in [2.24, 2.45) is 5.92 Å². The van der Waals surface area contributed by atoms with E-state index >= 15 is 0 Å². The molecule has 0 saturated carbocycles. The molecule has 0 unspecified atom stereocenters. The number of rotatable bonds is 5. The van der Waals surface area contributed by atoms with Crippen molar-refractivity contribution in [3.63, 3.8) is 0 Å². The molecule has 0 radical (unpaired) electrons. The molecule has 1 aromatic rings. The number of carbonyl (C=O) groups excluding carboxylic acids is 2. The number of carbonyl (C=O) groups is 2. The van der Waals surface area contributed by atoms with Gasteiger partial charge in [-0.25, -0.2) is 0 Å². The van der Waals surface area contributed by atoms with Crippen molar-refractivity contribution in [3.8, 4) is 0 Å². The Morgan fingerprint density at radius 1 is 1.26 bits per heavy atom. The van der Waals surface area contributed by atoms with Gasteiger partial charge in [-0.05, 0) is 24.3 Å². The molecule has 0 atom stereocenters. The van der Waals surface area contributed by atoms with Crippen molar-refractivity contribution in [3.05, 3.63) is 22.4 Å². The fraction of sp³-hybridized carbons (Fsp3) is 0.625. The molecule has 3 rings (SSSR count).